The number of rotatable bonds is 11. The van der Waals surface area contributed by atoms with Gasteiger partial charge in [0.05, 0.1) is 44.7 Å². The average molecular weight is 678 g/mol. The van der Waals surface area contributed by atoms with Crippen LogP contribution in [0.2, 0.25) is 25.7 Å². The molecule has 0 saturated heterocycles. The minimum atomic E-state index is -4.06. The maximum absolute atomic E-state index is 13.9. The first-order valence-electron chi connectivity index (χ1n) is 14.9. The molecule has 1 unspecified atom stereocenters. The van der Waals surface area contributed by atoms with Crippen LogP contribution in [-0.4, -0.2) is 50.8 Å². The van der Waals surface area contributed by atoms with E-state index in [1.165, 1.54) is 10.2 Å². The number of hydrogen-bond donors (Lipinski definition) is 1. The summed E-state index contributed by atoms with van der Waals surface area (Å²) >= 11 is 0. The van der Waals surface area contributed by atoms with Crippen LogP contribution < -0.4 is 5.14 Å². The predicted octanol–water partition coefficient (Wildman–Crippen LogP) is 5.76. The molecule has 1 atom stereocenters. The van der Waals surface area contributed by atoms with E-state index in [0.29, 0.717) is 51.1 Å². The smallest absolute Gasteiger partial charge is 0.268 e. The third-order valence-corrected chi connectivity index (χ3v) is 12.3. The van der Waals surface area contributed by atoms with Crippen LogP contribution in [0.4, 0.5) is 0 Å². The standard InChI is InChI=1S/C33H39N5O5S2Si/c1-22-7-10-26(11-8-22)45(41,42)38-14-13-27-31(23(2)17-24(3)32(27)38)28(20-44(35,39)40)33-36-29-18-25(19-34)9-12-30(29)37(33)21-43-15-16-46(4,5)6/h7-14,17-18,28H,15-16,20-21H2,1-6H3,(H2,35,39,40). The fourth-order valence-electron chi connectivity index (χ4n) is 5.86. The van der Waals surface area contributed by atoms with Crippen molar-refractivity contribution in [3.63, 3.8) is 0 Å². The van der Waals surface area contributed by atoms with Crippen molar-refractivity contribution in [2.24, 2.45) is 5.14 Å². The third kappa shape index (κ3) is 6.81. The molecular weight excluding hydrogens is 639 g/mol. The molecule has 0 radical (unpaired) electrons. The van der Waals surface area contributed by atoms with Crippen molar-refractivity contribution in [3.8, 4) is 6.07 Å². The second-order valence-electron chi connectivity index (χ2n) is 13.1. The van der Waals surface area contributed by atoms with Crippen molar-refractivity contribution in [3.05, 3.63) is 94.4 Å². The number of benzene rings is 3. The Morgan fingerprint density at radius 2 is 1.67 bits per heavy atom. The fraction of sp³-hybridized carbons (Fsp3) is 0.333. The molecule has 0 amide bonds. The molecule has 0 bridgehead atoms. The topological polar surface area (TPSA) is 150 Å². The molecule has 242 valence electrons. The van der Waals surface area contributed by atoms with Crippen LogP contribution in [-0.2, 0) is 31.5 Å². The largest absolute Gasteiger partial charge is 0.361 e. The minimum absolute atomic E-state index is 0.111. The maximum atomic E-state index is 13.9. The van der Waals surface area contributed by atoms with Gasteiger partial charge in [-0.2, -0.15) is 5.26 Å². The number of aryl methyl sites for hydroxylation is 3. The molecule has 10 nitrogen and oxygen atoms in total. The normalized spacial score (nSPS) is 13.3. The van der Waals surface area contributed by atoms with Gasteiger partial charge in [0.2, 0.25) is 10.0 Å². The zero-order chi connectivity index (χ0) is 33.6. The summed E-state index contributed by atoms with van der Waals surface area (Å²) in [5, 5.41) is 15.9. The quantitative estimate of drug-likeness (QED) is 0.138. The van der Waals surface area contributed by atoms with E-state index in [-0.39, 0.29) is 11.6 Å². The van der Waals surface area contributed by atoms with Crippen LogP contribution in [0.1, 0.15) is 39.6 Å². The zero-order valence-corrected chi connectivity index (χ0v) is 29.5. The van der Waals surface area contributed by atoms with Crippen LogP contribution in [0, 0.1) is 32.1 Å². The second kappa shape index (κ2) is 12.4. The first-order chi connectivity index (χ1) is 21.5. The van der Waals surface area contributed by atoms with Gasteiger partial charge in [-0.3, -0.25) is 0 Å². The Hall–Kier alpha value is -3.80. The summed E-state index contributed by atoms with van der Waals surface area (Å²) in [5.74, 6) is -0.963. The first-order valence-corrected chi connectivity index (χ1v) is 21.8. The van der Waals surface area contributed by atoms with Gasteiger partial charge >= 0.3 is 0 Å². The van der Waals surface area contributed by atoms with Crippen LogP contribution in [0.5, 0.6) is 0 Å². The Labute approximate surface area is 271 Å². The van der Waals surface area contributed by atoms with Gasteiger partial charge in [-0.1, -0.05) is 43.4 Å². The highest BCUT2D eigenvalue weighted by Crippen LogP contribution is 2.38. The number of fused-ring (bicyclic) bond motifs is 2. The van der Waals surface area contributed by atoms with Gasteiger partial charge in [0.25, 0.3) is 10.0 Å². The number of sulfonamides is 1. The molecule has 0 spiro atoms. The maximum Gasteiger partial charge on any atom is 0.268 e. The van der Waals surface area contributed by atoms with Crippen LogP contribution >= 0.6 is 0 Å². The monoisotopic (exact) mass is 677 g/mol. The van der Waals surface area contributed by atoms with Crippen LogP contribution in [0.15, 0.2) is 65.7 Å². The molecule has 13 heteroatoms. The molecule has 0 aliphatic heterocycles. The lowest BCUT2D eigenvalue weighted by molar-refractivity contribution is 0.0876. The number of ether oxygens (including phenoxy) is 1. The van der Waals surface area contributed by atoms with Crippen LogP contribution in [0.3, 0.4) is 0 Å². The van der Waals surface area contributed by atoms with E-state index < -0.39 is 39.8 Å². The first kappa shape index (κ1) is 33.6. The van der Waals surface area contributed by atoms with Crippen molar-refractivity contribution in [1.82, 2.24) is 13.5 Å². The number of nitriles is 1. The molecule has 0 saturated carbocycles. The molecule has 2 aromatic heterocycles. The molecule has 0 aliphatic carbocycles. The van der Waals surface area contributed by atoms with Gasteiger partial charge in [0, 0.05) is 26.3 Å². The average Bonchev–Trinajstić information content (AvgIpc) is 3.56. The summed E-state index contributed by atoms with van der Waals surface area (Å²) in [6.07, 6.45) is 1.51. The molecule has 0 aliphatic rings. The van der Waals surface area contributed by atoms with E-state index in [1.54, 1.807) is 48.5 Å². The summed E-state index contributed by atoms with van der Waals surface area (Å²) in [4.78, 5) is 5.03. The Balaban J connectivity index is 1.74. The lowest BCUT2D eigenvalue weighted by Gasteiger charge is -2.23. The summed E-state index contributed by atoms with van der Waals surface area (Å²) in [5.41, 5.74) is 5.08. The Kier molecular flexibility index (Phi) is 9.06. The lowest BCUT2D eigenvalue weighted by atomic mass is 9.90. The third-order valence-electron chi connectivity index (χ3n) is 8.13. The van der Waals surface area contributed by atoms with Gasteiger partial charge in [0.15, 0.2) is 0 Å². The molecular formula is C33H39N5O5S2Si. The molecule has 3 aromatic carbocycles. The molecule has 2 N–H and O–H groups in total. The highest BCUT2D eigenvalue weighted by molar-refractivity contribution is 7.90. The Morgan fingerprint density at radius 3 is 2.30 bits per heavy atom. The molecule has 5 rings (SSSR count). The summed E-state index contributed by atoms with van der Waals surface area (Å²) in [6, 6.07) is 18.4. The summed E-state index contributed by atoms with van der Waals surface area (Å²) in [6.45, 7) is 13.0. The highest BCUT2D eigenvalue weighted by Gasteiger charge is 2.31. The van der Waals surface area contributed by atoms with Gasteiger partial charge in [-0.05, 0) is 79.9 Å². The van der Waals surface area contributed by atoms with E-state index in [4.69, 9.17) is 14.9 Å². The van der Waals surface area contributed by atoms with Gasteiger partial charge in [-0.15, -0.1) is 0 Å². The van der Waals surface area contributed by atoms with Gasteiger partial charge in [0.1, 0.15) is 12.6 Å². The highest BCUT2D eigenvalue weighted by atomic mass is 32.2. The van der Waals surface area contributed by atoms with Crippen LogP contribution in [0.25, 0.3) is 21.9 Å². The summed E-state index contributed by atoms with van der Waals surface area (Å²) < 4.78 is 62.7. The number of aromatic nitrogens is 3. The minimum Gasteiger partial charge on any atom is -0.361 e. The van der Waals surface area contributed by atoms with Crippen molar-refractivity contribution >= 4 is 50.1 Å². The van der Waals surface area contributed by atoms with Gasteiger partial charge < -0.3 is 9.30 Å². The molecule has 5 aromatic rings. The number of imidazole rings is 1. The Morgan fingerprint density at radius 1 is 0.978 bits per heavy atom. The second-order valence-corrected chi connectivity index (χ2v) is 22.2. The van der Waals surface area contributed by atoms with E-state index in [9.17, 15) is 22.1 Å². The number of nitrogens with zero attached hydrogens (tertiary/aromatic N) is 4. The number of primary sulfonamides is 1. The van der Waals surface area contributed by atoms with Crippen molar-refractivity contribution < 1.29 is 21.6 Å². The molecule has 0 fully saturated rings. The van der Waals surface area contributed by atoms with Crippen molar-refractivity contribution in [2.75, 3.05) is 12.4 Å². The number of nitrogens with two attached hydrogens (primary N) is 1. The fourth-order valence-corrected chi connectivity index (χ4v) is 8.81. The number of hydrogen-bond acceptors (Lipinski definition) is 7. The molecule has 2 heterocycles. The van der Waals surface area contributed by atoms with E-state index in [1.807, 2.05) is 31.4 Å². The van der Waals surface area contributed by atoms with Crippen molar-refractivity contribution in [2.45, 2.75) is 64.0 Å². The Bertz CT molecular complexity index is 2210. The van der Waals surface area contributed by atoms with Crippen molar-refractivity contribution in [1.29, 1.82) is 5.26 Å². The SMILES string of the molecule is Cc1ccc(S(=O)(=O)n2ccc3c(C(CS(N)(=O)=O)c4nc5cc(C#N)ccc5n4COCC[Si](C)(C)C)c(C)cc(C)c32)cc1. The van der Waals surface area contributed by atoms with E-state index >= 15 is 0 Å². The summed E-state index contributed by atoms with van der Waals surface area (Å²) in [7, 11) is -9.42. The molecule has 46 heavy (non-hydrogen) atoms. The van der Waals surface area contributed by atoms with E-state index in [0.717, 1.165) is 17.2 Å². The van der Waals surface area contributed by atoms with Gasteiger partial charge in [-0.25, -0.2) is 30.9 Å². The lowest BCUT2D eigenvalue weighted by Crippen LogP contribution is -2.26. The zero-order valence-electron chi connectivity index (χ0n) is 26.9. The predicted molar refractivity (Wildman–Crippen MR) is 184 cm³/mol. The van der Waals surface area contributed by atoms with E-state index in [2.05, 4.69) is 25.7 Å².